The molecule has 158 valence electrons. The van der Waals surface area contributed by atoms with Crippen molar-refractivity contribution >= 4 is 22.5 Å². The lowest BCUT2D eigenvalue weighted by molar-refractivity contribution is -0.116. The van der Waals surface area contributed by atoms with Gasteiger partial charge in [-0.1, -0.05) is 30.7 Å². The first-order valence-corrected chi connectivity index (χ1v) is 10.3. The summed E-state index contributed by atoms with van der Waals surface area (Å²) in [5.74, 6) is -0.00596. The molecule has 0 fully saturated rings. The van der Waals surface area contributed by atoms with E-state index in [4.69, 9.17) is 0 Å². The van der Waals surface area contributed by atoms with Crippen LogP contribution in [0.1, 0.15) is 31.2 Å². The van der Waals surface area contributed by atoms with Crippen molar-refractivity contribution in [2.45, 2.75) is 38.8 Å². The van der Waals surface area contributed by atoms with Gasteiger partial charge in [-0.3, -0.25) is 14.2 Å². The Kier molecular flexibility index (Phi) is 6.47. The van der Waals surface area contributed by atoms with E-state index in [9.17, 15) is 9.59 Å². The summed E-state index contributed by atoms with van der Waals surface area (Å²) in [6.07, 6.45) is 7.68. The number of hydrogen-bond donors (Lipinski definition) is 1. The van der Waals surface area contributed by atoms with Gasteiger partial charge in [0.15, 0.2) is 0 Å². The van der Waals surface area contributed by atoms with Gasteiger partial charge in [0.1, 0.15) is 12.7 Å². The number of nitrogens with zero attached hydrogens (tertiary/aromatic N) is 5. The molecule has 0 spiro atoms. The van der Waals surface area contributed by atoms with Crippen molar-refractivity contribution in [3.8, 4) is 0 Å². The highest BCUT2D eigenvalue weighted by atomic mass is 16.1. The molecule has 0 bridgehead atoms. The summed E-state index contributed by atoms with van der Waals surface area (Å²) in [6, 6.07) is 15.1. The predicted octanol–water partition coefficient (Wildman–Crippen LogP) is 3.24. The van der Waals surface area contributed by atoms with Gasteiger partial charge < -0.3 is 5.32 Å². The Morgan fingerprint density at radius 1 is 0.968 bits per heavy atom. The first-order valence-electron chi connectivity index (χ1n) is 10.3. The van der Waals surface area contributed by atoms with Crippen LogP contribution in [0.25, 0.3) is 10.9 Å². The van der Waals surface area contributed by atoms with E-state index in [2.05, 4.69) is 20.4 Å². The van der Waals surface area contributed by atoms with Gasteiger partial charge in [0.25, 0.3) is 5.56 Å². The van der Waals surface area contributed by atoms with Crippen LogP contribution in [-0.2, 0) is 17.9 Å². The average Bonchev–Trinajstić information content (AvgIpc) is 3.29. The zero-order valence-corrected chi connectivity index (χ0v) is 17.1. The number of aromatic nitrogens is 5. The molecule has 0 aliphatic carbocycles. The average molecular weight is 416 g/mol. The third-order valence-electron chi connectivity index (χ3n) is 5.08. The fraction of sp³-hybridized carbons (Fsp3) is 0.261. The van der Waals surface area contributed by atoms with Crippen molar-refractivity contribution in [3.05, 3.63) is 83.4 Å². The topological polar surface area (TPSA) is 94.7 Å². The van der Waals surface area contributed by atoms with Gasteiger partial charge in [-0.2, -0.15) is 5.10 Å². The van der Waals surface area contributed by atoms with Crippen LogP contribution in [0.4, 0.5) is 5.69 Å². The molecule has 0 aliphatic rings. The lowest BCUT2D eigenvalue weighted by atomic mass is 10.1. The molecule has 1 amide bonds. The van der Waals surface area contributed by atoms with Gasteiger partial charge in [0.05, 0.1) is 23.8 Å². The number of para-hydroxylation sites is 1. The zero-order chi connectivity index (χ0) is 21.5. The minimum Gasteiger partial charge on any atom is -0.326 e. The van der Waals surface area contributed by atoms with Crippen molar-refractivity contribution in [1.82, 2.24) is 24.3 Å². The van der Waals surface area contributed by atoms with Gasteiger partial charge in [-0.05, 0) is 42.7 Å². The normalized spacial score (nSPS) is 11.0. The number of fused-ring (bicyclic) bond motifs is 1. The number of hydrogen-bond acceptors (Lipinski definition) is 5. The largest absolute Gasteiger partial charge is 0.326 e. The molecule has 1 N–H and O–H groups in total. The first-order chi connectivity index (χ1) is 15.2. The lowest BCUT2D eigenvalue weighted by Gasteiger charge is -2.08. The monoisotopic (exact) mass is 416 g/mol. The van der Waals surface area contributed by atoms with Crippen LogP contribution >= 0.6 is 0 Å². The SMILES string of the molecule is O=C(CCCCCn1cnc2ccccc2c1=O)Nc1ccc(Cn2cncn2)cc1. The molecule has 4 aromatic rings. The number of amides is 1. The fourth-order valence-electron chi connectivity index (χ4n) is 3.43. The first kappa shape index (κ1) is 20.5. The van der Waals surface area contributed by atoms with E-state index in [1.165, 1.54) is 6.33 Å². The Balaban J connectivity index is 1.18. The third-order valence-corrected chi connectivity index (χ3v) is 5.08. The van der Waals surface area contributed by atoms with Crippen molar-refractivity contribution in [3.63, 3.8) is 0 Å². The number of benzene rings is 2. The number of carbonyl (C=O) groups excluding carboxylic acids is 1. The van der Waals surface area contributed by atoms with E-state index in [1.807, 2.05) is 42.5 Å². The minimum atomic E-state index is -0.0180. The molecule has 2 aromatic heterocycles. The Hall–Kier alpha value is -3.81. The summed E-state index contributed by atoms with van der Waals surface area (Å²) in [4.78, 5) is 32.9. The Morgan fingerprint density at radius 3 is 2.61 bits per heavy atom. The second kappa shape index (κ2) is 9.80. The highest BCUT2D eigenvalue weighted by Crippen LogP contribution is 2.12. The van der Waals surface area contributed by atoms with Crippen molar-refractivity contribution < 1.29 is 4.79 Å². The van der Waals surface area contributed by atoms with Crippen molar-refractivity contribution in [2.24, 2.45) is 0 Å². The maximum absolute atomic E-state index is 12.5. The number of rotatable bonds is 9. The molecule has 0 aliphatic heterocycles. The Bertz CT molecular complexity index is 1200. The number of carbonyl (C=O) groups is 1. The highest BCUT2D eigenvalue weighted by Gasteiger charge is 2.05. The number of nitrogens with one attached hydrogen (secondary N) is 1. The molecular formula is C23H24N6O2. The van der Waals surface area contributed by atoms with Gasteiger partial charge >= 0.3 is 0 Å². The van der Waals surface area contributed by atoms with Crippen molar-refractivity contribution in [2.75, 3.05) is 5.32 Å². The van der Waals surface area contributed by atoms with Gasteiger partial charge in [-0.15, -0.1) is 0 Å². The fourth-order valence-corrected chi connectivity index (χ4v) is 3.43. The third kappa shape index (κ3) is 5.42. The van der Waals surface area contributed by atoms with Crippen LogP contribution in [0.15, 0.2) is 72.3 Å². The van der Waals surface area contributed by atoms with Gasteiger partial charge in [-0.25, -0.2) is 14.6 Å². The molecule has 2 aromatic carbocycles. The van der Waals surface area contributed by atoms with E-state index in [-0.39, 0.29) is 11.5 Å². The molecule has 0 saturated heterocycles. The number of aryl methyl sites for hydroxylation is 1. The van der Waals surface area contributed by atoms with Crippen LogP contribution in [0, 0.1) is 0 Å². The second-order valence-electron chi connectivity index (χ2n) is 7.41. The van der Waals surface area contributed by atoms with E-state index in [0.29, 0.717) is 30.4 Å². The molecule has 8 heteroatoms. The van der Waals surface area contributed by atoms with Crippen LogP contribution in [-0.4, -0.2) is 30.2 Å². The summed E-state index contributed by atoms with van der Waals surface area (Å²) in [5, 5.41) is 7.64. The molecule has 2 heterocycles. The summed E-state index contributed by atoms with van der Waals surface area (Å²) in [5.41, 5.74) is 2.56. The number of anilines is 1. The molecule has 31 heavy (non-hydrogen) atoms. The molecule has 0 unspecified atom stereocenters. The molecule has 0 atom stereocenters. The van der Waals surface area contributed by atoms with Crippen molar-refractivity contribution in [1.29, 1.82) is 0 Å². The predicted molar refractivity (Wildman–Crippen MR) is 119 cm³/mol. The van der Waals surface area contributed by atoms with E-state index in [0.717, 1.165) is 30.5 Å². The quantitative estimate of drug-likeness (QED) is 0.423. The molecule has 8 nitrogen and oxygen atoms in total. The second-order valence-corrected chi connectivity index (χ2v) is 7.41. The van der Waals surface area contributed by atoms with E-state index >= 15 is 0 Å². The van der Waals surface area contributed by atoms with Crippen LogP contribution in [0.3, 0.4) is 0 Å². The maximum Gasteiger partial charge on any atom is 0.261 e. The minimum absolute atomic E-state index is 0.00596. The smallest absolute Gasteiger partial charge is 0.261 e. The highest BCUT2D eigenvalue weighted by molar-refractivity contribution is 5.90. The number of unbranched alkanes of at least 4 members (excludes halogenated alkanes) is 2. The Labute approximate surface area is 179 Å². The summed E-state index contributed by atoms with van der Waals surface area (Å²) in [6.45, 7) is 1.25. The zero-order valence-electron chi connectivity index (χ0n) is 17.1. The van der Waals surface area contributed by atoms with Gasteiger partial charge in [0, 0.05) is 18.7 Å². The van der Waals surface area contributed by atoms with E-state index < -0.39 is 0 Å². The summed E-state index contributed by atoms with van der Waals surface area (Å²) >= 11 is 0. The Morgan fingerprint density at radius 2 is 1.81 bits per heavy atom. The van der Waals surface area contributed by atoms with Crippen LogP contribution in [0.5, 0.6) is 0 Å². The van der Waals surface area contributed by atoms with Crippen LogP contribution < -0.4 is 10.9 Å². The van der Waals surface area contributed by atoms with Crippen LogP contribution in [0.2, 0.25) is 0 Å². The molecular weight excluding hydrogens is 392 g/mol. The van der Waals surface area contributed by atoms with Gasteiger partial charge in [0.2, 0.25) is 5.91 Å². The molecule has 4 rings (SSSR count). The molecule has 0 saturated carbocycles. The van der Waals surface area contributed by atoms with E-state index in [1.54, 1.807) is 28.0 Å². The summed E-state index contributed by atoms with van der Waals surface area (Å²) in [7, 11) is 0. The standard InChI is InChI=1S/C23H24N6O2/c30-22(27-19-11-9-18(10-12-19)14-29-16-24-15-26-29)8-2-1-5-13-28-17-25-21-7-4-3-6-20(21)23(28)31/h3-4,6-7,9-12,15-17H,1-2,5,8,13-14H2,(H,27,30). The summed E-state index contributed by atoms with van der Waals surface area (Å²) < 4.78 is 3.39. The lowest BCUT2D eigenvalue weighted by Crippen LogP contribution is -2.20. The molecule has 0 radical (unpaired) electrons. The maximum atomic E-state index is 12.5.